The van der Waals surface area contributed by atoms with Crippen molar-refractivity contribution < 1.29 is 50.2 Å². The van der Waals surface area contributed by atoms with Gasteiger partial charge in [-0.25, -0.2) is 31.5 Å². The lowest BCUT2D eigenvalue weighted by Gasteiger charge is -2.32. The number of carboxylic acid groups (broad SMARTS) is 1. The lowest BCUT2D eigenvalue weighted by Crippen LogP contribution is -2.58. The Balaban J connectivity index is 5.34. The number of hydrogen-bond donors (Lipinski definition) is 1. The summed E-state index contributed by atoms with van der Waals surface area (Å²) in [6, 6.07) is 0. The summed E-state index contributed by atoms with van der Waals surface area (Å²) in [7, 11) is 0.483. The summed E-state index contributed by atoms with van der Waals surface area (Å²) < 4.78 is 95.9. The molecule has 0 radical (unpaired) electrons. The average molecular weight is 328 g/mol. The summed E-state index contributed by atoms with van der Waals surface area (Å²) in [6.45, 7) is -0.143. The van der Waals surface area contributed by atoms with Gasteiger partial charge in [0.05, 0.1) is 7.11 Å². The molecule has 0 aromatic rings. The van der Waals surface area contributed by atoms with Crippen molar-refractivity contribution in [1.82, 2.24) is 0 Å². The predicted octanol–water partition coefficient (Wildman–Crippen LogP) is 1.96. The summed E-state index contributed by atoms with van der Waals surface area (Å²) >= 11 is 0. The maximum absolute atomic E-state index is 13.5. The van der Waals surface area contributed by atoms with Crippen molar-refractivity contribution in [3.05, 3.63) is 0 Å². The number of aliphatic carboxylic acids is 1. The Labute approximate surface area is 113 Å². The van der Waals surface area contributed by atoms with E-state index in [0.717, 1.165) is 0 Å². The zero-order valence-electron chi connectivity index (χ0n) is 10.6. The maximum atomic E-state index is 13.5. The van der Waals surface area contributed by atoms with E-state index in [2.05, 4.69) is 4.74 Å². The number of methoxy groups -OCH3 is 1. The molecule has 0 saturated heterocycles. The van der Waals surface area contributed by atoms with Crippen LogP contribution in [0.1, 0.15) is 6.92 Å². The van der Waals surface area contributed by atoms with Crippen LogP contribution in [0.5, 0.6) is 0 Å². The van der Waals surface area contributed by atoms with Crippen LogP contribution in [0.2, 0.25) is 0 Å². The number of carbonyl (C=O) groups excluding carboxylic acids is 1. The van der Waals surface area contributed by atoms with Crippen molar-refractivity contribution in [2.75, 3.05) is 7.11 Å². The SMILES string of the molecule is COC(=O)C(C)(F)C(F)(F)C(F)C(F)C(F)C(F)C(=O)O. The first kappa shape index (κ1) is 19.4. The highest BCUT2D eigenvalue weighted by molar-refractivity contribution is 5.80. The Morgan fingerprint density at radius 2 is 1.48 bits per heavy atom. The number of hydrogen-bond acceptors (Lipinski definition) is 3. The zero-order valence-corrected chi connectivity index (χ0v) is 10.6. The van der Waals surface area contributed by atoms with Crippen molar-refractivity contribution in [2.24, 2.45) is 0 Å². The molecule has 5 atom stereocenters. The summed E-state index contributed by atoms with van der Waals surface area (Å²) in [5.74, 6) is -10.3. The molecule has 0 heterocycles. The molecule has 0 spiro atoms. The molecule has 4 nitrogen and oxygen atoms in total. The molecule has 0 fully saturated rings. The van der Waals surface area contributed by atoms with Crippen LogP contribution < -0.4 is 0 Å². The molecule has 0 rings (SSSR count). The van der Waals surface area contributed by atoms with Crippen LogP contribution >= 0.6 is 0 Å². The van der Waals surface area contributed by atoms with Gasteiger partial charge in [-0.05, 0) is 6.92 Å². The van der Waals surface area contributed by atoms with Gasteiger partial charge in [0.1, 0.15) is 0 Å². The number of carboxylic acids is 1. The Kier molecular flexibility index (Phi) is 6.00. The number of halogens is 7. The van der Waals surface area contributed by atoms with Crippen molar-refractivity contribution in [3.8, 4) is 0 Å². The number of rotatable bonds is 7. The van der Waals surface area contributed by atoms with Gasteiger partial charge in [-0.3, -0.25) is 0 Å². The second-order valence-electron chi connectivity index (χ2n) is 4.15. The van der Waals surface area contributed by atoms with Crippen LogP contribution in [0.25, 0.3) is 0 Å². The van der Waals surface area contributed by atoms with Gasteiger partial charge in [0.2, 0.25) is 12.3 Å². The predicted molar refractivity (Wildman–Crippen MR) is 53.7 cm³/mol. The smallest absolute Gasteiger partial charge is 0.349 e. The normalized spacial score (nSPS) is 20.8. The first-order valence-corrected chi connectivity index (χ1v) is 5.26. The Morgan fingerprint density at radius 1 is 1.05 bits per heavy atom. The molecule has 0 amide bonds. The van der Waals surface area contributed by atoms with Crippen molar-refractivity contribution in [1.29, 1.82) is 0 Å². The van der Waals surface area contributed by atoms with Gasteiger partial charge in [0, 0.05) is 0 Å². The van der Waals surface area contributed by atoms with E-state index in [1.165, 1.54) is 0 Å². The average Bonchev–Trinajstić information content (AvgIpc) is 2.42. The molecular weight excluding hydrogens is 317 g/mol. The van der Waals surface area contributed by atoms with Crippen molar-refractivity contribution >= 4 is 11.9 Å². The molecule has 21 heavy (non-hydrogen) atoms. The number of carbonyl (C=O) groups is 2. The zero-order chi connectivity index (χ0) is 17.2. The van der Waals surface area contributed by atoms with Crippen LogP contribution in [-0.4, -0.2) is 60.4 Å². The fraction of sp³-hybridized carbons (Fsp3) is 0.800. The summed E-state index contributed by atoms with van der Waals surface area (Å²) in [5, 5.41) is 8.03. The monoisotopic (exact) mass is 328 g/mol. The first-order valence-electron chi connectivity index (χ1n) is 5.26. The van der Waals surface area contributed by atoms with E-state index in [-0.39, 0.29) is 6.92 Å². The summed E-state index contributed by atoms with van der Waals surface area (Å²) in [4.78, 5) is 20.8. The van der Waals surface area contributed by atoms with E-state index in [0.29, 0.717) is 7.11 Å². The summed E-state index contributed by atoms with van der Waals surface area (Å²) in [5.41, 5.74) is -4.37. The van der Waals surface area contributed by atoms with E-state index in [9.17, 15) is 40.3 Å². The Morgan fingerprint density at radius 3 is 1.81 bits per heavy atom. The van der Waals surface area contributed by atoms with Gasteiger partial charge in [0.25, 0.3) is 5.67 Å². The first-order chi connectivity index (χ1) is 9.32. The van der Waals surface area contributed by atoms with Crippen LogP contribution in [0.15, 0.2) is 0 Å². The molecule has 0 aliphatic carbocycles. The molecule has 0 aromatic carbocycles. The van der Waals surface area contributed by atoms with Gasteiger partial charge in [-0.15, -0.1) is 0 Å². The molecule has 0 bridgehead atoms. The van der Waals surface area contributed by atoms with E-state index in [1.807, 2.05) is 0 Å². The van der Waals surface area contributed by atoms with E-state index >= 15 is 0 Å². The highest BCUT2D eigenvalue weighted by atomic mass is 19.3. The third-order valence-electron chi connectivity index (χ3n) is 2.64. The van der Waals surface area contributed by atoms with Gasteiger partial charge >= 0.3 is 17.9 Å². The minimum Gasteiger partial charge on any atom is -0.479 e. The lowest BCUT2D eigenvalue weighted by atomic mass is 9.91. The second kappa shape index (κ2) is 6.48. The van der Waals surface area contributed by atoms with Gasteiger partial charge in [-0.1, -0.05) is 0 Å². The molecule has 5 unspecified atom stereocenters. The minimum absolute atomic E-state index is 0.143. The van der Waals surface area contributed by atoms with Crippen LogP contribution in [0, 0.1) is 0 Å². The lowest BCUT2D eigenvalue weighted by molar-refractivity contribution is -0.212. The summed E-state index contributed by atoms with van der Waals surface area (Å²) in [6.07, 6.45) is -15.8. The number of alkyl halides is 7. The second-order valence-corrected chi connectivity index (χ2v) is 4.15. The molecule has 0 saturated carbocycles. The van der Waals surface area contributed by atoms with Gasteiger partial charge in [0.15, 0.2) is 12.3 Å². The Bertz CT molecular complexity index is 401. The molecular formula is C10H11F7O4. The number of esters is 1. The minimum atomic E-state index is -5.43. The van der Waals surface area contributed by atoms with Crippen LogP contribution in [0.3, 0.4) is 0 Å². The van der Waals surface area contributed by atoms with E-state index in [4.69, 9.17) is 5.11 Å². The highest BCUT2D eigenvalue weighted by Crippen LogP contribution is 2.41. The van der Waals surface area contributed by atoms with E-state index in [1.54, 1.807) is 0 Å². The molecule has 0 aromatic heterocycles. The van der Waals surface area contributed by atoms with Gasteiger partial charge < -0.3 is 9.84 Å². The standard InChI is InChI=1S/C10H11F7O4/c1-9(15,8(20)21-2)10(16,17)6(14)4(12)3(11)5(13)7(18)19/h3-6H,1-2H3,(H,18,19). The topological polar surface area (TPSA) is 63.6 Å². The molecule has 1 N–H and O–H groups in total. The third-order valence-corrected chi connectivity index (χ3v) is 2.64. The number of ether oxygens (including phenoxy) is 1. The van der Waals surface area contributed by atoms with Crippen molar-refractivity contribution in [3.63, 3.8) is 0 Å². The van der Waals surface area contributed by atoms with E-state index < -0.39 is 48.2 Å². The van der Waals surface area contributed by atoms with Crippen LogP contribution in [0.4, 0.5) is 30.7 Å². The molecule has 0 aliphatic rings. The van der Waals surface area contributed by atoms with Crippen LogP contribution in [-0.2, 0) is 14.3 Å². The largest absolute Gasteiger partial charge is 0.479 e. The van der Waals surface area contributed by atoms with Gasteiger partial charge in [-0.2, -0.15) is 8.78 Å². The molecule has 124 valence electrons. The third kappa shape index (κ3) is 3.56. The highest BCUT2D eigenvalue weighted by Gasteiger charge is 2.66. The quantitative estimate of drug-likeness (QED) is 0.573. The fourth-order valence-electron chi connectivity index (χ4n) is 1.25. The molecule has 11 heteroatoms. The Hall–Kier alpha value is -1.55. The maximum Gasteiger partial charge on any atom is 0.349 e. The molecule has 0 aliphatic heterocycles. The fourth-order valence-corrected chi connectivity index (χ4v) is 1.25. The van der Waals surface area contributed by atoms with Crippen molar-refractivity contribution in [2.45, 2.75) is 43.2 Å².